The van der Waals surface area contributed by atoms with Crippen LogP contribution in [-0.2, 0) is 9.53 Å². The maximum Gasteiger partial charge on any atom is 0.246 e. The van der Waals surface area contributed by atoms with Crippen molar-refractivity contribution in [1.82, 2.24) is 5.32 Å². The molecule has 78 valence electrons. The van der Waals surface area contributed by atoms with Gasteiger partial charge in [0.15, 0.2) is 0 Å². The lowest BCUT2D eigenvalue weighted by atomic mass is 10.2. The molecule has 0 aliphatic carbocycles. The summed E-state index contributed by atoms with van der Waals surface area (Å²) >= 11 is 0. The van der Waals surface area contributed by atoms with E-state index < -0.39 is 0 Å². The Morgan fingerprint density at radius 2 is 2.43 bits per heavy atom. The van der Waals surface area contributed by atoms with Gasteiger partial charge in [0.1, 0.15) is 6.54 Å². The molecule has 1 rings (SSSR count). The van der Waals surface area contributed by atoms with Crippen molar-refractivity contribution < 1.29 is 9.53 Å². The van der Waals surface area contributed by atoms with E-state index in [0.717, 1.165) is 19.3 Å². The van der Waals surface area contributed by atoms with E-state index in [2.05, 4.69) is 17.2 Å². The smallest absolute Gasteiger partial charge is 0.246 e. The lowest BCUT2D eigenvalue weighted by molar-refractivity contribution is -0.119. The van der Waals surface area contributed by atoms with Crippen molar-refractivity contribution in [2.45, 2.75) is 26.2 Å². The fraction of sp³-hybridized carbons (Fsp3) is 0.600. The van der Waals surface area contributed by atoms with Gasteiger partial charge in [-0.3, -0.25) is 4.79 Å². The highest BCUT2D eigenvalue weighted by Gasteiger charge is 2.16. The number of aliphatic imine (C=N–C) groups is 1. The van der Waals surface area contributed by atoms with Crippen LogP contribution in [0.15, 0.2) is 16.8 Å². The molecule has 0 aromatic heterocycles. The summed E-state index contributed by atoms with van der Waals surface area (Å²) in [5, 5.41) is 2.74. The molecular weight excluding hydrogens is 180 g/mol. The Labute approximate surface area is 84.0 Å². The molecule has 4 nitrogen and oxygen atoms in total. The number of unbranched alkanes of at least 4 members (excludes halogenated alkanes) is 2. The molecule has 0 bridgehead atoms. The van der Waals surface area contributed by atoms with Crippen molar-refractivity contribution in [2.75, 3.05) is 13.7 Å². The van der Waals surface area contributed by atoms with E-state index in [0.29, 0.717) is 11.6 Å². The molecule has 4 heteroatoms. The van der Waals surface area contributed by atoms with Crippen LogP contribution < -0.4 is 5.32 Å². The number of nitrogens with zero attached hydrogens (tertiary/aromatic N) is 1. The molecule has 0 radical (unpaired) electrons. The lowest BCUT2D eigenvalue weighted by Crippen LogP contribution is -2.34. The number of hydrogen-bond acceptors (Lipinski definition) is 3. The normalized spacial score (nSPS) is 19.1. The zero-order chi connectivity index (χ0) is 10.4. The number of carbonyl (C=O) groups excluding carboxylic acids is 1. The van der Waals surface area contributed by atoms with Gasteiger partial charge in [-0.15, -0.1) is 0 Å². The first-order valence-electron chi connectivity index (χ1n) is 4.86. The monoisotopic (exact) mass is 196 g/mol. The summed E-state index contributed by atoms with van der Waals surface area (Å²) in [6.07, 6.45) is 5.14. The maximum absolute atomic E-state index is 11.1. The number of ether oxygens (including phenoxy) is 1. The molecule has 0 saturated carbocycles. The minimum absolute atomic E-state index is 0.0754. The number of hydrogen-bond donors (Lipinski definition) is 1. The van der Waals surface area contributed by atoms with E-state index in [1.54, 1.807) is 7.11 Å². The molecule has 1 aliphatic heterocycles. The molecule has 1 N–H and O–H groups in total. The molecule has 0 saturated heterocycles. The Hall–Kier alpha value is -1.32. The Morgan fingerprint density at radius 1 is 1.64 bits per heavy atom. The van der Waals surface area contributed by atoms with Crippen molar-refractivity contribution in [2.24, 2.45) is 4.99 Å². The van der Waals surface area contributed by atoms with Crippen LogP contribution in [0.1, 0.15) is 26.2 Å². The summed E-state index contributed by atoms with van der Waals surface area (Å²) < 4.78 is 5.05. The first kappa shape index (κ1) is 10.8. The molecule has 0 fully saturated rings. The van der Waals surface area contributed by atoms with Gasteiger partial charge in [0.2, 0.25) is 11.8 Å². The largest absolute Gasteiger partial charge is 0.480 e. The Morgan fingerprint density at radius 3 is 3.07 bits per heavy atom. The molecule has 1 heterocycles. The van der Waals surface area contributed by atoms with Crippen molar-refractivity contribution in [3.63, 3.8) is 0 Å². The van der Waals surface area contributed by atoms with Gasteiger partial charge in [0, 0.05) is 0 Å². The molecule has 0 aromatic rings. The summed E-state index contributed by atoms with van der Waals surface area (Å²) in [6.45, 7) is 2.29. The van der Waals surface area contributed by atoms with E-state index in [1.807, 2.05) is 6.08 Å². The number of rotatable bonds is 3. The maximum atomic E-state index is 11.1. The second-order valence-corrected chi connectivity index (χ2v) is 3.13. The minimum atomic E-state index is -0.0754. The van der Waals surface area contributed by atoms with Crippen molar-refractivity contribution in [1.29, 1.82) is 0 Å². The van der Waals surface area contributed by atoms with Crippen molar-refractivity contribution in [3.05, 3.63) is 11.8 Å². The van der Waals surface area contributed by atoms with Gasteiger partial charge in [-0.05, 0) is 12.8 Å². The molecule has 14 heavy (non-hydrogen) atoms. The van der Waals surface area contributed by atoms with E-state index in [4.69, 9.17) is 4.74 Å². The van der Waals surface area contributed by atoms with E-state index >= 15 is 0 Å². The third-order valence-electron chi connectivity index (χ3n) is 1.97. The topological polar surface area (TPSA) is 50.7 Å². The third kappa shape index (κ3) is 2.87. The van der Waals surface area contributed by atoms with Crippen LogP contribution in [0.25, 0.3) is 0 Å². The summed E-state index contributed by atoms with van der Waals surface area (Å²) in [7, 11) is 1.56. The highest BCUT2D eigenvalue weighted by molar-refractivity contribution is 6.01. The van der Waals surface area contributed by atoms with Crippen LogP contribution in [-0.4, -0.2) is 25.5 Å². The Bertz CT molecular complexity index is 269. The first-order valence-corrected chi connectivity index (χ1v) is 4.86. The van der Waals surface area contributed by atoms with Crippen LogP contribution in [0.4, 0.5) is 0 Å². The highest BCUT2D eigenvalue weighted by Crippen LogP contribution is 2.05. The van der Waals surface area contributed by atoms with Crippen LogP contribution in [0.5, 0.6) is 0 Å². The van der Waals surface area contributed by atoms with Crippen LogP contribution in [0.3, 0.4) is 0 Å². The second-order valence-electron chi connectivity index (χ2n) is 3.13. The van der Waals surface area contributed by atoms with Gasteiger partial charge in [-0.1, -0.05) is 19.4 Å². The Kier molecular flexibility index (Phi) is 4.16. The fourth-order valence-electron chi connectivity index (χ4n) is 1.24. The number of carbonyl (C=O) groups is 1. The van der Waals surface area contributed by atoms with Gasteiger partial charge in [-0.25, -0.2) is 4.99 Å². The number of methoxy groups -OCH3 is 1. The van der Waals surface area contributed by atoms with E-state index in [-0.39, 0.29) is 12.5 Å². The van der Waals surface area contributed by atoms with Crippen LogP contribution in [0.2, 0.25) is 0 Å². The molecule has 0 spiro atoms. The second kappa shape index (κ2) is 5.42. The van der Waals surface area contributed by atoms with E-state index in [9.17, 15) is 4.79 Å². The van der Waals surface area contributed by atoms with Crippen molar-refractivity contribution in [3.8, 4) is 0 Å². The van der Waals surface area contributed by atoms with Gasteiger partial charge in [0.05, 0.1) is 12.8 Å². The van der Waals surface area contributed by atoms with Crippen molar-refractivity contribution >= 4 is 11.8 Å². The molecule has 0 atom stereocenters. The minimum Gasteiger partial charge on any atom is -0.480 e. The zero-order valence-electron chi connectivity index (χ0n) is 8.67. The van der Waals surface area contributed by atoms with Gasteiger partial charge >= 0.3 is 0 Å². The molecular formula is C10H16N2O2. The number of nitrogens with one attached hydrogen (secondary N) is 1. The number of amides is 1. The van der Waals surface area contributed by atoms with Gasteiger partial charge in [-0.2, -0.15) is 0 Å². The van der Waals surface area contributed by atoms with Crippen LogP contribution >= 0.6 is 0 Å². The average Bonchev–Trinajstić information content (AvgIpc) is 2.19. The molecule has 1 amide bonds. The fourth-order valence-corrected chi connectivity index (χ4v) is 1.24. The highest BCUT2D eigenvalue weighted by atomic mass is 16.5. The predicted octanol–water partition coefficient (Wildman–Crippen LogP) is 1.24. The average molecular weight is 196 g/mol. The quantitative estimate of drug-likeness (QED) is 0.690. The van der Waals surface area contributed by atoms with Crippen LogP contribution in [0, 0.1) is 0 Å². The molecule has 0 aromatic carbocycles. The summed E-state index contributed by atoms with van der Waals surface area (Å²) in [5.41, 5.74) is 0.706. The summed E-state index contributed by atoms with van der Waals surface area (Å²) in [5.74, 6) is 0.453. The molecule has 1 aliphatic rings. The molecule has 0 unspecified atom stereocenters. The standard InChI is InChI=1S/C10H16N2O2/c1-3-4-5-6-8-10(14-2)11-7-9(13)12-8/h6H,3-5,7H2,1-2H3,(H,12,13). The Balaban J connectivity index is 2.63. The first-order chi connectivity index (χ1) is 6.77. The van der Waals surface area contributed by atoms with E-state index in [1.165, 1.54) is 0 Å². The lowest BCUT2D eigenvalue weighted by Gasteiger charge is -2.15. The number of allylic oxidation sites excluding steroid dienone is 1. The third-order valence-corrected chi connectivity index (χ3v) is 1.97. The summed E-state index contributed by atoms with van der Waals surface area (Å²) in [6, 6.07) is 0. The summed E-state index contributed by atoms with van der Waals surface area (Å²) in [4.78, 5) is 15.1. The predicted molar refractivity (Wildman–Crippen MR) is 55.1 cm³/mol. The SMILES string of the molecule is CCCCC=C1NC(=O)CN=C1OC. The zero-order valence-corrected chi connectivity index (χ0v) is 8.67. The van der Waals surface area contributed by atoms with Gasteiger partial charge in [0.25, 0.3) is 0 Å². The van der Waals surface area contributed by atoms with Gasteiger partial charge < -0.3 is 10.1 Å².